The van der Waals surface area contributed by atoms with E-state index in [9.17, 15) is 4.79 Å². The van der Waals surface area contributed by atoms with Crippen LogP contribution in [0.4, 0.5) is 0 Å². The van der Waals surface area contributed by atoms with Gasteiger partial charge in [0.25, 0.3) is 0 Å². The van der Waals surface area contributed by atoms with E-state index >= 15 is 0 Å². The molecule has 1 aromatic rings. The Bertz CT molecular complexity index is 402. The molecule has 98 valence electrons. The molecule has 0 saturated heterocycles. The summed E-state index contributed by atoms with van der Waals surface area (Å²) in [6, 6.07) is 8.74. The first-order chi connectivity index (χ1) is 8.60. The highest BCUT2D eigenvalue weighted by Gasteiger charge is 2.15. The Kier molecular flexibility index (Phi) is 5.80. The lowest BCUT2D eigenvalue weighted by Crippen LogP contribution is -2.10. The largest absolute Gasteiger partial charge is 0.234 e. The predicted molar refractivity (Wildman–Crippen MR) is 75.7 cm³/mol. The minimum Gasteiger partial charge on any atom is -0.211 e. The van der Waals surface area contributed by atoms with Crippen molar-refractivity contribution >= 4 is 6.08 Å². The second-order valence-corrected chi connectivity index (χ2v) is 5.26. The minimum absolute atomic E-state index is 0.303. The number of hydrogen-bond acceptors (Lipinski definition) is 2. The smallest absolute Gasteiger partial charge is 0.211 e. The third-order valence-electron chi connectivity index (χ3n) is 3.70. The van der Waals surface area contributed by atoms with Crippen LogP contribution in [0.5, 0.6) is 0 Å². The van der Waals surface area contributed by atoms with E-state index in [1.165, 1.54) is 11.1 Å². The lowest BCUT2D eigenvalue weighted by molar-refractivity contribution is 0.502. The number of benzene rings is 1. The molecular formula is C16H23NO. The van der Waals surface area contributed by atoms with Crippen LogP contribution in [0.25, 0.3) is 0 Å². The van der Waals surface area contributed by atoms with Crippen LogP contribution >= 0.6 is 0 Å². The summed E-state index contributed by atoms with van der Waals surface area (Å²) < 4.78 is 0. The fourth-order valence-corrected chi connectivity index (χ4v) is 2.14. The molecule has 0 N–H and O–H groups in total. The van der Waals surface area contributed by atoms with Crippen LogP contribution in [0, 0.1) is 5.92 Å². The topological polar surface area (TPSA) is 29.4 Å². The van der Waals surface area contributed by atoms with Crippen molar-refractivity contribution in [1.82, 2.24) is 0 Å². The second kappa shape index (κ2) is 7.13. The van der Waals surface area contributed by atoms with E-state index in [1.807, 2.05) is 0 Å². The molecule has 1 aromatic carbocycles. The number of nitrogens with zero attached hydrogens (tertiary/aromatic N) is 1. The maximum Gasteiger partial charge on any atom is 0.234 e. The van der Waals surface area contributed by atoms with Crippen LogP contribution in [0.1, 0.15) is 57.1 Å². The number of aliphatic imine (C=N–C) groups is 1. The summed E-state index contributed by atoms with van der Waals surface area (Å²) >= 11 is 0. The monoisotopic (exact) mass is 245 g/mol. The van der Waals surface area contributed by atoms with Crippen LogP contribution in [0.3, 0.4) is 0 Å². The number of rotatable bonds is 6. The first-order valence-electron chi connectivity index (χ1n) is 6.73. The molecule has 0 spiro atoms. The highest BCUT2D eigenvalue weighted by Crippen LogP contribution is 2.27. The van der Waals surface area contributed by atoms with Gasteiger partial charge in [0.05, 0.1) is 6.54 Å². The average Bonchev–Trinajstić information content (AvgIpc) is 2.38. The van der Waals surface area contributed by atoms with E-state index in [0.29, 0.717) is 24.3 Å². The van der Waals surface area contributed by atoms with Crippen LogP contribution in [0.2, 0.25) is 0 Å². The van der Waals surface area contributed by atoms with Crippen molar-refractivity contribution in [3.63, 3.8) is 0 Å². The van der Waals surface area contributed by atoms with Gasteiger partial charge in [0.1, 0.15) is 0 Å². The third kappa shape index (κ3) is 3.82. The van der Waals surface area contributed by atoms with Gasteiger partial charge in [-0.2, -0.15) is 0 Å². The van der Waals surface area contributed by atoms with Crippen LogP contribution in [0.15, 0.2) is 29.3 Å². The highest BCUT2D eigenvalue weighted by atomic mass is 16.1. The molecule has 1 rings (SSSR count). The third-order valence-corrected chi connectivity index (χ3v) is 3.70. The van der Waals surface area contributed by atoms with Gasteiger partial charge in [-0.3, -0.25) is 0 Å². The van der Waals surface area contributed by atoms with Crippen LogP contribution < -0.4 is 0 Å². The van der Waals surface area contributed by atoms with E-state index in [1.54, 1.807) is 6.08 Å². The van der Waals surface area contributed by atoms with Gasteiger partial charge in [-0.05, 0) is 29.4 Å². The van der Waals surface area contributed by atoms with Crippen molar-refractivity contribution < 1.29 is 4.79 Å². The molecule has 2 heteroatoms. The zero-order valence-corrected chi connectivity index (χ0v) is 11.8. The summed E-state index contributed by atoms with van der Waals surface area (Å²) in [7, 11) is 0. The standard InChI is InChI=1S/C16H23NO/c1-5-13(4)14-6-8-15(9-7-14)16(12(2)3)10-17-11-18/h6-9,12-13,16H,5,10H2,1-4H3. The maximum atomic E-state index is 10.3. The summed E-state index contributed by atoms with van der Waals surface area (Å²) in [5.41, 5.74) is 2.64. The van der Waals surface area contributed by atoms with Crippen molar-refractivity contribution in [2.45, 2.75) is 46.0 Å². The molecule has 0 amide bonds. The van der Waals surface area contributed by atoms with Crippen LogP contribution in [-0.2, 0) is 4.79 Å². The van der Waals surface area contributed by atoms with E-state index < -0.39 is 0 Å². The van der Waals surface area contributed by atoms with Gasteiger partial charge in [0, 0.05) is 5.92 Å². The Labute approximate surface area is 110 Å². The summed E-state index contributed by atoms with van der Waals surface area (Å²) in [5, 5.41) is 0. The summed E-state index contributed by atoms with van der Waals surface area (Å²) in [4.78, 5) is 14.0. The summed E-state index contributed by atoms with van der Waals surface area (Å²) in [6.07, 6.45) is 2.79. The molecule has 0 saturated carbocycles. The van der Waals surface area contributed by atoms with Crippen molar-refractivity contribution in [2.75, 3.05) is 6.54 Å². The van der Waals surface area contributed by atoms with E-state index in [4.69, 9.17) is 0 Å². The van der Waals surface area contributed by atoms with E-state index in [-0.39, 0.29) is 0 Å². The molecule has 0 heterocycles. The van der Waals surface area contributed by atoms with Crippen molar-refractivity contribution in [2.24, 2.45) is 10.9 Å². The van der Waals surface area contributed by atoms with Gasteiger partial charge >= 0.3 is 0 Å². The SMILES string of the molecule is CCC(C)c1ccc(C(CN=C=O)C(C)C)cc1. The minimum atomic E-state index is 0.303. The lowest BCUT2D eigenvalue weighted by atomic mass is 9.87. The maximum absolute atomic E-state index is 10.3. The number of carbonyl (C=O) groups excluding carboxylic acids is 1. The molecule has 2 unspecified atom stereocenters. The Morgan fingerprint density at radius 2 is 1.67 bits per heavy atom. The normalized spacial score (nSPS) is 14.1. The Morgan fingerprint density at radius 3 is 2.11 bits per heavy atom. The van der Waals surface area contributed by atoms with E-state index in [0.717, 1.165) is 6.42 Å². The van der Waals surface area contributed by atoms with Gasteiger partial charge in [-0.25, -0.2) is 9.79 Å². The van der Waals surface area contributed by atoms with Gasteiger partial charge < -0.3 is 0 Å². The molecule has 0 aromatic heterocycles. The number of isocyanates is 1. The molecule has 2 atom stereocenters. The Balaban J connectivity index is 2.89. The summed E-state index contributed by atoms with van der Waals surface area (Å²) in [6.45, 7) is 9.30. The molecule has 0 aliphatic carbocycles. The van der Waals surface area contributed by atoms with Gasteiger partial charge in [0.2, 0.25) is 6.08 Å². The number of hydrogen-bond donors (Lipinski definition) is 0. The molecule has 18 heavy (non-hydrogen) atoms. The zero-order chi connectivity index (χ0) is 13.5. The van der Waals surface area contributed by atoms with E-state index in [2.05, 4.69) is 57.0 Å². The molecule has 0 fully saturated rings. The predicted octanol–water partition coefficient (Wildman–Crippen LogP) is 4.28. The average molecular weight is 245 g/mol. The van der Waals surface area contributed by atoms with Crippen molar-refractivity contribution in [3.05, 3.63) is 35.4 Å². The summed E-state index contributed by atoms with van der Waals surface area (Å²) in [5.74, 6) is 1.37. The molecule has 0 aliphatic rings. The van der Waals surface area contributed by atoms with Gasteiger partial charge in [-0.1, -0.05) is 52.0 Å². The lowest BCUT2D eigenvalue weighted by Gasteiger charge is -2.19. The quantitative estimate of drug-likeness (QED) is 0.543. The van der Waals surface area contributed by atoms with Crippen LogP contribution in [-0.4, -0.2) is 12.6 Å². The van der Waals surface area contributed by atoms with Gasteiger partial charge in [-0.15, -0.1) is 0 Å². The highest BCUT2D eigenvalue weighted by molar-refractivity contribution is 5.34. The molecule has 0 bridgehead atoms. The molecule has 0 radical (unpaired) electrons. The molecular weight excluding hydrogens is 222 g/mol. The van der Waals surface area contributed by atoms with Gasteiger partial charge in [0.15, 0.2) is 0 Å². The first kappa shape index (κ1) is 14.7. The first-order valence-corrected chi connectivity index (χ1v) is 6.73. The molecule has 2 nitrogen and oxygen atoms in total. The molecule has 0 aliphatic heterocycles. The Morgan fingerprint density at radius 1 is 1.11 bits per heavy atom. The zero-order valence-electron chi connectivity index (χ0n) is 11.8. The Hall–Kier alpha value is -1.40. The second-order valence-electron chi connectivity index (χ2n) is 5.26. The van der Waals surface area contributed by atoms with Crippen molar-refractivity contribution in [1.29, 1.82) is 0 Å². The van der Waals surface area contributed by atoms with Crippen molar-refractivity contribution in [3.8, 4) is 0 Å². The fraction of sp³-hybridized carbons (Fsp3) is 0.562. The fourth-order valence-electron chi connectivity index (χ4n) is 2.14.